The van der Waals surface area contributed by atoms with E-state index in [1.165, 1.54) is 6.21 Å². The molecular weight excluding hydrogens is 370 g/mol. The van der Waals surface area contributed by atoms with Crippen LogP contribution in [0.1, 0.15) is 21.6 Å². The molecule has 2 N–H and O–H groups in total. The average Bonchev–Trinajstić information content (AvgIpc) is 2.57. The molecule has 0 saturated heterocycles. The lowest BCUT2D eigenvalue weighted by Crippen LogP contribution is -2.19. The summed E-state index contributed by atoms with van der Waals surface area (Å²) in [5.41, 5.74) is 4.90. The van der Waals surface area contributed by atoms with E-state index in [9.17, 15) is 9.90 Å². The molecule has 1 heterocycles. The van der Waals surface area contributed by atoms with E-state index in [1.807, 2.05) is 24.3 Å². The lowest BCUT2D eigenvalue weighted by Gasteiger charge is -2.06. The Kier molecular flexibility index (Phi) is 4.57. The second-order valence-corrected chi connectivity index (χ2v) is 6.13. The Bertz CT molecular complexity index is 954. The van der Waals surface area contributed by atoms with E-state index in [4.69, 9.17) is 0 Å². The summed E-state index contributed by atoms with van der Waals surface area (Å²) in [4.78, 5) is 16.7. The van der Waals surface area contributed by atoms with Crippen molar-refractivity contribution in [3.63, 3.8) is 0 Å². The minimum Gasteiger partial charge on any atom is -0.507 e. The van der Waals surface area contributed by atoms with Crippen molar-refractivity contribution in [3.8, 4) is 5.75 Å². The predicted octanol–water partition coefficient (Wildman–Crippen LogP) is 3.78. The smallest absolute Gasteiger partial charge is 0.273 e. The lowest BCUT2D eigenvalue weighted by molar-refractivity contribution is 0.0954. The van der Waals surface area contributed by atoms with Gasteiger partial charge >= 0.3 is 0 Å². The molecule has 3 rings (SSSR count). The fourth-order valence-corrected chi connectivity index (χ4v) is 2.67. The number of benzene rings is 2. The molecule has 2 aromatic carbocycles. The van der Waals surface area contributed by atoms with E-state index in [0.717, 1.165) is 15.4 Å². The maximum absolute atomic E-state index is 12.3. The number of amides is 1. The van der Waals surface area contributed by atoms with Gasteiger partial charge in [0.25, 0.3) is 5.91 Å². The Morgan fingerprint density at radius 3 is 2.88 bits per heavy atom. The molecule has 0 fully saturated rings. The summed E-state index contributed by atoms with van der Waals surface area (Å²) in [5, 5.41) is 14.5. The lowest BCUT2D eigenvalue weighted by atomic mass is 10.1. The number of rotatable bonds is 3. The van der Waals surface area contributed by atoms with Crippen molar-refractivity contribution in [2.24, 2.45) is 5.10 Å². The van der Waals surface area contributed by atoms with Crippen molar-refractivity contribution in [3.05, 3.63) is 69.8 Å². The Labute approximate surface area is 147 Å². The SMILES string of the molecule is Cc1nc2ccccc2cc1C(=O)NN=Cc1cc(Br)ccc1O. The summed E-state index contributed by atoms with van der Waals surface area (Å²) < 4.78 is 0.808. The number of phenolic OH excluding ortho intramolecular Hbond substituents is 1. The molecule has 3 aromatic rings. The first-order valence-corrected chi connectivity index (χ1v) is 8.02. The molecule has 0 bridgehead atoms. The van der Waals surface area contributed by atoms with E-state index < -0.39 is 0 Å². The van der Waals surface area contributed by atoms with Crippen LogP contribution in [0.25, 0.3) is 10.9 Å². The molecular formula is C18H14BrN3O2. The van der Waals surface area contributed by atoms with Gasteiger partial charge in [-0.2, -0.15) is 5.10 Å². The number of carbonyl (C=O) groups excluding carboxylic acids is 1. The van der Waals surface area contributed by atoms with E-state index in [1.54, 1.807) is 31.2 Å². The van der Waals surface area contributed by atoms with Crippen molar-refractivity contribution < 1.29 is 9.90 Å². The average molecular weight is 384 g/mol. The molecule has 0 spiro atoms. The molecule has 0 aliphatic rings. The van der Waals surface area contributed by atoms with Gasteiger partial charge in [-0.15, -0.1) is 0 Å². The highest BCUT2D eigenvalue weighted by atomic mass is 79.9. The standard InChI is InChI=1S/C18H14BrN3O2/c1-11-15(9-12-4-2-3-5-16(12)21-11)18(24)22-20-10-13-8-14(19)6-7-17(13)23/h2-10,23H,1H3,(H,22,24). The Hall–Kier alpha value is -2.73. The third kappa shape index (κ3) is 3.44. The van der Waals surface area contributed by atoms with Crippen LogP contribution in [-0.4, -0.2) is 22.2 Å². The number of nitrogens with one attached hydrogen (secondary N) is 1. The Morgan fingerprint density at radius 2 is 2.04 bits per heavy atom. The number of pyridine rings is 1. The van der Waals surface area contributed by atoms with Crippen LogP contribution < -0.4 is 5.43 Å². The van der Waals surface area contributed by atoms with Gasteiger partial charge in [0, 0.05) is 15.4 Å². The molecule has 120 valence electrons. The first kappa shape index (κ1) is 16.1. The number of carbonyl (C=O) groups is 1. The molecule has 0 radical (unpaired) electrons. The molecule has 1 amide bonds. The molecule has 0 saturated carbocycles. The van der Waals surface area contributed by atoms with Gasteiger partial charge in [0.15, 0.2) is 0 Å². The number of aromatic hydroxyl groups is 1. The highest BCUT2D eigenvalue weighted by Crippen LogP contribution is 2.20. The van der Waals surface area contributed by atoms with E-state index in [-0.39, 0.29) is 11.7 Å². The Balaban J connectivity index is 1.81. The summed E-state index contributed by atoms with van der Waals surface area (Å²) in [5.74, 6) is -0.267. The third-order valence-electron chi connectivity index (χ3n) is 3.52. The van der Waals surface area contributed by atoms with Crippen molar-refractivity contribution in [1.82, 2.24) is 10.4 Å². The number of halogens is 1. The summed E-state index contributed by atoms with van der Waals surface area (Å²) in [7, 11) is 0. The van der Waals surface area contributed by atoms with Crippen LogP contribution in [0.15, 0.2) is 58.1 Å². The molecule has 0 unspecified atom stereocenters. The van der Waals surface area contributed by atoms with Crippen molar-refractivity contribution >= 4 is 39.0 Å². The van der Waals surface area contributed by atoms with Crippen molar-refractivity contribution in [2.45, 2.75) is 6.92 Å². The number of aryl methyl sites for hydroxylation is 1. The number of phenols is 1. The first-order valence-electron chi connectivity index (χ1n) is 7.23. The van der Waals surface area contributed by atoms with Gasteiger partial charge in [-0.25, -0.2) is 5.43 Å². The highest BCUT2D eigenvalue weighted by molar-refractivity contribution is 9.10. The Morgan fingerprint density at radius 1 is 1.25 bits per heavy atom. The molecule has 0 atom stereocenters. The largest absolute Gasteiger partial charge is 0.507 e. The molecule has 24 heavy (non-hydrogen) atoms. The number of aromatic nitrogens is 1. The number of hydrogen-bond acceptors (Lipinski definition) is 4. The van der Waals surface area contributed by atoms with Gasteiger partial charge in [-0.05, 0) is 37.3 Å². The fraction of sp³-hybridized carbons (Fsp3) is 0.0556. The third-order valence-corrected chi connectivity index (χ3v) is 4.01. The number of nitrogens with zero attached hydrogens (tertiary/aromatic N) is 2. The zero-order valence-electron chi connectivity index (χ0n) is 12.8. The molecule has 5 nitrogen and oxygen atoms in total. The van der Waals surface area contributed by atoms with E-state index in [0.29, 0.717) is 16.8 Å². The van der Waals surface area contributed by atoms with Crippen LogP contribution in [0.3, 0.4) is 0 Å². The van der Waals surface area contributed by atoms with Gasteiger partial charge in [-0.3, -0.25) is 9.78 Å². The fourth-order valence-electron chi connectivity index (χ4n) is 2.29. The number of hydrogen-bond donors (Lipinski definition) is 2. The summed E-state index contributed by atoms with van der Waals surface area (Å²) >= 11 is 3.32. The molecule has 0 aliphatic heterocycles. The molecule has 0 aliphatic carbocycles. The maximum atomic E-state index is 12.3. The van der Waals surface area contributed by atoms with Gasteiger partial charge in [0.2, 0.25) is 0 Å². The number of fused-ring (bicyclic) bond motifs is 1. The van der Waals surface area contributed by atoms with Crippen molar-refractivity contribution in [2.75, 3.05) is 0 Å². The second-order valence-electron chi connectivity index (χ2n) is 5.22. The monoisotopic (exact) mass is 383 g/mol. The number of hydrazone groups is 1. The van der Waals surface area contributed by atoms with Gasteiger partial charge in [0.1, 0.15) is 5.75 Å². The normalized spacial score (nSPS) is 11.1. The minimum atomic E-state index is -0.350. The predicted molar refractivity (Wildman–Crippen MR) is 97.3 cm³/mol. The maximum Gasteiger partial charge on any atom is 0.273 e. The molecule has 1 aromatic heterocycles. The van der Waals surface area contributed by atoms with E-state index >= 15 is 0 Å². The topological polar surface area (TPSA) is 74.6 Å². The summed E-state index contributed by atoms with van der Waals surface area (Å²) in [6.45, 7) is 1.78. The van der Waals surface area contributed by atoms with E-state index in [2.05, 4.69) is 31.4 Å². The van der Waals surface area contributed by atoms with Crippen LogP contribution in [0.2, 0.25) is 0 Å². The highest BCUT2D eigenvalue weighted by Gasteiger charge is 2.10. The minimum absolute atomic E-state index is 0.0831. The first-order chi connectivity index (χ1) is 11.5. The van der Waals surface area contributed by atoms with Crippen LogP contribution >= 0.6 is 15.9 Å². The van der Waals surface area contributed by atoms with Gasteiger partial charge in [-0.1, -0.05) is 34.1 Å². The second kappa shape index (κ2) is 6.80. The zero-order valence-corrected chi connectivity index (χ0v) is 14.4. The quantitative estimate of drug-likeness (QED) is 0.533. The van der Waals surface area contributed by atoms with Crippen LogP contribution in [0.5, 0.6) is 5.75 Å². The summed E-state index contributed by atoms with van der Waals surface area (Å²) in [6.07, 6.45) is 1.39. The summed E-state index contributed by atoms with van der Waals surface area (Å²) in [6, 6.07) is 14.4. The van der Waals surface area contributed by atoms with Gasteiger partial charge in [0.05, 0.1) is 23.0 Å². The molecule has 6 heteroatoms. The van der Waals surface area contributed by atoms with Gasteiger partial charge < -0.3 is 5.11 Å². The number of para-hydroxylation sites is 1. The van der Waals surface area contributed by atoms with Crippen LogP contribution in [-0.2, 0) is 0 Å². The van der Waals surface area contributed by atoms with Crippen LogP contribution in [0, 0.1) is 6.92 Å². The van der Waals surface area contributed by atoms with Crippen molar-refractivity contribution in [1.29, 1.82) is 0 Å². The zero-order chi connectivity index (χ0) is 17.1. The van der Waals surface area contributed by atoms with Crippen LogP contribution in [0.4, 0.5) is 0 Å².